The number of ether oxygens (including phenoxy) is 1. The normalized spacial score (nSPS) is 31.5. The van der Waals surface area contributed by atoms with Crippen molar-refractivity contribution in [3.8, 4) is 0 Å². The summed E-state index contributed by atoms with van der Waals surface area (Å²) in [6.07, 6.45) is 1.65. The first kappa shape index (κ1) is 9.30. The second-order valence-corrected chi connectivity index (χ2v) is 3.51. The average Bonchev–Trinajstić information content (AvgIpc) is 2.65. The second kappa shape index (κ2) is 3.86. The number of amides is 1. The zero-order valence-corrected chi connectivity index (χ0v) is 8.16. The number of hydrogen-bond donors (Lipinski definition) is 1. The molecule has 1 fully saturated rings. The van der Waals surface area contributed by atoms with Crippen molar-refractivity contribution in [3.05, 3.63) is 0 Å². The van der Waals surface area contributed by atoms with Crippen LogP contribution in [0.5, 0.6) is 0 Å². The molecule has 0 aromatic rings. The highest BCUT2D eigenvalue weighted by Gasteiger charge is 2.34. The van der Waals surface area contributed by atoms with Crippen molar-refractivity contribution in [2.75, 3.05) is 13.2 Å². The van der Waals surface area contributed by atoms with Crippen LogP contribution >= 0.6 is 0 Å². The molecule has 1 saturated heterocycles. The molecule has 0 aliphatic carbocycles. The monoisotopic (exact) mass is 198 g/mol. The maximum Gasteiger partial charge on any atom is 0.238 e. The lowest BCUT2D eigenvalue weighted by molar-refractivity contribution is -0.121. The van der Waals surface area contributed by atoms with Crippen LogP contribution in [-0.4, -0.2) is 31.1 Å². The van der Waals surface area contributed by atoms with E-state index in [1.165, 1.54) is 0 Å². The van der Waals surface area contributed by atoms with E-state index in [9.17, 15) is 4.79 Å². The van der Waals surface area contributed by atoms with Gasteiger partial charge >= 0.3 is 0 Å². The topological polar surface area (TPSA) is 59.9 Å². The molecular weight excluding hydrogens is 184 g/mol. The van der Waals surface area contributed by atoms with Gasteiger partial charge in [0.05, 0.1) is 0 Å². The highest BCUT2D eigenvalue weighted by Crippen LogP contribution is 2.18. The average molecular weight is 198 g/mol. The van der Waals surface area contributed by atoms with Gasteiger partial charge < -0.3 is 14.9 Å². The van der Waals surface area contributed by atoms with E-state index in [1.54, 1.807) is 0 Å². The molecule has 1 N–H and O–H groups in total. The zero-order chi connectivity index (χ0) is 9.97. The van der Waals surface area contributed by atoms with Gasteiger partial charge in [0.25, 0.3) is 0 Å². The molecule has 0 saturated carbocycles. The smallest absolute Gasteiger partial charge is 0.238 e. The fourth-order valence-electron chi connectivity index (χ4n) is 1.59. The maximum atomic E-state index is 11.3. The van der Waals surface area contributed by atoms with Gasteiger partial charge in [-0.15, -0.1) is 0 Å². The van der Waals surface area contributed by atoms with Crippen molar-refractivity contribution < 1.29 is 14.4 Å². The molecule has 1 amide bonds. The van der Waals surface area contributed by atoms with Crippen molar-refractivity contribution >= 4 is 11.8 Å². The number of hydrogen-bond acceptors (Lipinski definition) is 4. The Morgan fingerprint density at radius 1 is 1.64 bits per heavy atom. The van der Waals surface area contributed by atoms with Gasteiger partial charge in [0.1, 0.15) is 12.0 Å². The minimum Gasteiger partial charge on any atom is -0.471 e. The van der Waals surface area contributed by atoms with Gasteiger partial charge in [0, 0.05) is 6.54 Å². The van der Waals surface area contributed by atoms with Gasteiger partial charge in [-0.1, -0.05) is 12.1 Å². The van der Waals surface area contributed by atoms with E-state index in [0.717, 1.165) is 12.8 Å². The summed E-state index contributed by atoms with van der Waals surface area (Å²) in [5.41, 5.74) is 0. The van der Waals surface area contributed by atoms with Crippen molar-refractivity contribution in [1.82, 2.24) is 5.32 Å². The molecule has 0 radical (unpaired) electrons. The zero-order valence-electron chi connectivity index (χ0n) is 8.16. The Morgan fingerprint density at radius 2 is 2.50 bits per heavy atom. The molecule has 0 bridgehead atoms. The van der Waals surface area contributed by atoms with Crippen LogP contribution in [0, 0.1) is 5.92 Å². The van der Waals surface area contributed by atoms with E-state index in [4.69, 9.17) is 9.57 Å². The van der Waals surface area contributed by atoms with Crippen molar-refractivity contribution in [2.45, 2.75) is 25.9 Å². The minimum absolute atomic E-state index is 0.0101. The van der Waals surface area contributed by atoms with E-state index >= 15 is 0 Å². The van der Waals surface area contributed by atoms with E-state index in [1.807, 2.05) is 6.92 Å². The number of carbonyl (C=O) groups is 1. The third kappa shape index (κ3) is 1.66. The van der Waals surface area contributed by atoms with E-state index in [2.05, 4.69) is 10.5 Å². The first-order valence-corrected chi connectivity index (χ1v) is 4.95. The van der Waals surface area contributed by atoms with Crippen LogP contribution in [0.15, 0.2) is 5.16 Å². The largest absolute Gasteiger partial charge is 0.471 e. The highest BCUT2D eigenvalue weighted by molar-refractivity contribution is 6.01. The highest BCUT2D eigenvalue weighted by atomic mass is 16.7. The fourth-order valence-corrected chi connectivity index (χ4v) is 1.59. The van der Waals surface area contributed by atoms with Gasteiger partial charge in [-0.25, -0.2) is 0 Å². The Kier molecular flexibility index (Phi) is 2.56. The molecule has 2 rings (SSSR count). The first-order chi connectivity index (χ1) is 6.81. The van der Waals surface area contributed by atoms with Gasteiger partial charge in [-0.05, 0) is 12.8 Å². The predicted octanol–water partition coefficient (Wildman–Crippen LogP) is 0.261. The van der Waals surface area contributed by atoms with Crippen LogP contribution in [0.1, 0.15) is 19.8 Å². The third-order valence-electron chi connectivity index (χ3n) is 2.50. The number of carbonyl (C=O) groups excluding carboxylic acids is 1. The molecule has 78 valence electrons. The van der Waals surface area contributed by atoms with Crippen LogP contribution in [-0.2, 0) is 14.4 Å². The van der Waals surface area contributed by atoms with Gasteiger partial charge in [0.2, 0.25) is 11.8 Å². The molecular formula is C9H14N2O3. The van der Waals surface area contributed by atoms with Crippen molar-refractivity contribution in [3.63, 3.8) is 0 Å². The quantitative estimate of drug-likeness (QED) is 0.692. The fraction of sp³-hybridized carbons (Fsp3) is 0.778. The standard InChI is InChI=1S/C9H14N2O3/c1-2-6-5-13-11-9(14-6)7-3-4-10-8(7)12/h6-7H,2-5H2,1H3,(H,10,12). The summed E-state index contributed by atoms with van der Waals surface area (Å²) in [4.78, 5) is 16.4. The van der Waals surface area contributed by atoms with Crippen LogP contribution in [0.3, 0.4) is 0 Å². The van der Waals surface area contributed by atoms with Crippen molar-refractivity contribution in [2.24, 2.45) is 11.1 Å². The van der Waals surface area contributed by atoms with Gasteiger partial charge in [-0.2, -0.15) is 0 Å². The van der Waals surface area contributed by atoms with E-state index in [0.29, 0.717) is 19.0 Å². The Bertz CT molecular complexity index is 265. The Hall–Kier alpha value is -1.26. The van der Waals surface area contributed by atoms with Gasteiger partial charge in [0.15, 0.2) is 6.61 Å². The molecule has 2 unspecified atom stereocenters. The summed E-state index contributed by atoms with van der Waals surface area (Å²) in [6, 6.07) is 0. The molecule has 2 heterocycles. The Labute approximate surface area is 82.4 Å². The Balaban J connectivity index is 2.03. The van der Waals surface area contributed by atoms with Crippen molar-refractivity contribution in [1.29, 1.82) is 0 Å². The third-order valence-corrected chi connectivity index (χ3v) is 2.50. The molecule has 0 aromatic heterocycles. The lowest BCUT2D eigenvalue weighted by Gasteiger charge is -2.23. The maximum absolute atomic E-state index is 11.3. The van der Waals surface area contributed by atoms with Crippen LogP contribution < -0.4 is 5.32 Å². The SMILES string of the molecule is CCC1CON=C(C2CCNC2=O)O1. The van der Waals surface area contributed by atoms with E-state index in [-0.39, 0.29) is 17.9 Å². The number of oxime groups is 1. The first-order valence-electron chi connectivity index (χ1n) is 4.95. The lowest BCUT2D eigenvalue weighted by Crippen LogP contribution is -2.34. The summed E-state index contributed by atoms with van der Waals surface area (Å²) in [5.74, 6) is 0.187. The number of nitrogens with zero attached hydrogens (tertiary/aromatic N) is 1. The van der Waals surface area contributed by atoms with E-state index < -0.39 is 0 Å². The molecule has 5 nitrogen and oxygen atoms in total. The molecule has 0 spiro atoms. The lowest BCUT2D eigenvalue weighted by atomic mass is 10.1. The van der Waals surface area contributed by atoms with Gasteiger partial charge in [-0.3, -0.25) is 4.79 Å². The summed E-state index contributed by atoms with van der Waals surface area (Å²) in [7, 11) is 0. The van der Waals surface area contributed by atoms with Crippen LogP contribution in [0.4, 0.5) is 0 Å². The van der Waals surface area contributed by atoms with Crippen LogP contribution in [0.25, 0.3) is 0 Å². The number of rotatable bonds is 2. The molecule has 14 heavy (non-hydrogen) atoms. The van der Waals surface area contributed by atoms with Crippen LogP contribution in [0.2, 0.25) is 0 Å². The molecule has 2 aliphatic rings. The minimum atomic E-state index is -0.246. The molecule has 0 aromatic carbocycles. The summed E-state index contributed by atoms with van der Waals surface area (Å²) in [5, 5.41) is 6.54. The summed E-state index contributed by atoms with van der Waals surface area (Å²) >= 11 is 0. The predicted molar refractivity (Wildman–Crippen MR) is 49.7 cm³/mol. The second-order valence-electron chi connectivity index (χ2n) is 3.51. The number of nitrogens with one attached hydrogen (secondary N) is 1. The Morgan fingerprint density at radius 3 is 3.14 bits per heavy atom. The molecule has 5 heteroatoms. The summed E-state index contributed by atoms with van der Waals surface area (Å²) < 4.78 is 5.55. The molecule has 2 atom stereocenters. The molecule has 2 aliphatic heterocycles. The summed E-state index contributed by atoms with van der Waals surface area (Å²) in [6.45, 7) is 3.20.